The third-order valence-electron chi connectivity index (χ3n) is 16.9. The van der Waals surface area contributed by atoms with Crippen molar-refractivity contribution >= 4 is 153 Å². The predicted molar refractivity (Wildman–Crippen MR) is 400 cm³/mol. The Labute approximate surface area is 643 Å². The maximum absolute atomic E-state index is 15.1. The number of para-hydroxylation sites is 2. The number of carboxylic acids is 1. The molecule has 600 valence electrons. The largest absolute Gasteiger partial charge is 0.508 e. The standard InChI is InChI=1S/C69H91N19O21S2/c1-32(89)58(88-63(103)44(17-21-54(72)94)82-67(107)50(30-110)78-33(2)90)69(109)86-48(25-36-28-76-41-10-6-4-8-39(36)41)66(106)81-43(16-20-53(71)93)62(102)87-51(31-111)68(108)83-46(23-34-11-13-37(91)14-12-34)64(104)84-47(24-35-27-75-40-9-5-3-7-38(35)40)65(105)80-42(15-19-52(70)92)60(100)79-45(18-22-57(97)98)61(101)85-49(26-55(73)95)59(99)77-29-56(74)96/h3-14,27-28,32,42-51,58,75-76,89,91,110-111H,15-26,29-31H2,1-2H3,(H2,70,92)(H2,71,93)(H2,72,94)(H2,73,95)(H2,74,96)(H,77,99)(H,78,90)(H,79,100)(H,80,105)(H,81,106)(H,82,107)(H,83,108)(H,84,104)(H,85,101)(H,86,109)(H,87,102)(H,88,103)(H,97,98)/t32-,42+,43+,44+,45+,46+,47+,48+,49+,50+,51+,58+/m1/s1. The second kappa shape index (κ2) is 43.6. The number of aromatic amines is 2. The molecule has 0 unspecified atom stereocenters. The minimum Gasteiger partial charge on any atom is -0.508 e. The summed E-state index contributed by atoms with van der Waals surface area (Å²) in [5, 5.41) is 60.5. The van der Waals surface area contributed by atoms with Crippen LogP contribution in [0.15, 0.2) is 85.2 Å². The maximum atomic E-state index is 15.1. The number of nitrogens with one attached hydrogen (secondary N) is 14. The molecule has 111 heavy (non-hydrogen) atoms. The number of benzene rings is 3. The molecule has 0 aliphatic rings. The molecule has 2 heterocycles. The summed E-state index contributed by atoms with van der Waals surface area (Å²) >= 11 is 8.40. The van der Waals surface area contributed by atoms with E-state index in [2.05, 4.69) is 99.0 Å². The highest BCUT2D eigenvalue weighted by Gasteiger charge is 2.39. The first kappa shape index (κ1) is 89.3. The van der Waals surface area contributed by atoms with Crippen LogP contribution in [0.2, 0.25) is 0 Å². The van der Waals surface area contributed by atoms with Crippen molar-refractivity contribution in [2.45, 2.75) is 163 Å². The van der Waals surface area contributed by atoms with Gasteiger partial charge in [-0.15, -0.1) is 0 Å². The van der Waals surface area contributed by atoms with Crippen LogP contribution in [0.3, 0.4) is 0 Å². The van der Waals surface area contributed by atoms with E-state index in [1.54, 1.807) is 48.5 Å². The third-order valence-corrected chi connectivity index (χ3v) is 17.7. The molecular formula is C69H91N19O21S2. The van der Waals surface area contributed by atoms with Gasteiger partial charge in [0, 0.05) is 97.6 Å². The highest BCUT2D eigenvalue weighted by Crippen LogP contribution is 2.22. The number of carbonyl (C=O) groups excluding carboxylic acids is 17. The Hall–Kier alpha value is -12.3. The number of rotatable bonds is 47. The fraction of sp³-hybridized carbons (Fsp3) is 0.420. The Kier molecular flexibility index (Phi) is 35.1. The normalized spacial score (nSPS) is 14.3. The Morgan fingerprint density at radius 1 is 0.396 bits per heavy atom. The molecule has 5 rings (SSSR count). The summed E-state index contributed by atoms with van der Waals surface area (Å²) in [5.74, 6) is -20.8. The number of fused-ring (bicyclic) bond motifs is 2. The second-order valence-electron chi connectivity index (χ2n) is 25.7. The monoisotopic (exact) mass is 1590 g/mol. The minimum atomic E-state index is -1.93. The van der Waals surface area contributed by atoms with E-state index in [1.165, 1.54) is 36.7 Å². The number of hydrogen-bond donors (Lipinski definition) is 24. The molecule has 17 amide bonds. The van der Waals surface area contributed by atoms with Crippen molar-refractivity contribution in [2.24, 2.45) is 28.7 Å². The number of thiol groups is 2. The molecule has 0 aliphatic carbocycles. The summed E-state index contributed by atoms with van der Waals surface area (Å²) in [5.41, 5.74) is 29.0. The Bertz CT molecular complexity index is 4250. The third kappa shape index (κ3) is 29.3. The number of hydrogen-bond acceptors (Lipinski definition) is 22. The van der Waals surface area contributed by atoms with Gasteiger partial charge < -0.3 is 118 Å². The van der Waals surface area contributed by atoms with Gasteiger partial charge in [0.25, 0.3) is 0 Å². The molecule has 0 spiro atoms. The number of aliphatic hydroxyl groups is 1. The number of nitrogens with two attached hydrogens (primary N) is 5. The van der Waals surface area contributed by atoms with Crippen LogP contribution in [0.1, 0.15) is 88.3 Å². The van der Waals surface area contributed by atoms with Crippen LogP contribution in [-0.2, 0) is 106 Å². The van der Waals surface area contributed by atoms with E-state index in [1.807, 2.05) is 0 Å². The van der Waals surface area contributed by atoms with E-state index in [0.717, 1.165) is 13.8 Å². The van der Waals surface area contributed by atoms with Crippen LogP contribution in [-0.4, -0.2) is 222 Å². The maximum Gasteiger partial charge on any atom is 0.303 e. The molecule has 0 saturated carbocycles. The first-order valence-electron chi connectivity index (χ1n) is 34.5. The van der Waals surface area contributed by atoms with Crippen LogP contribution in [0, 0.1) is 0 Å². The van der Waals surface area contributed by atoms with Crippen LogP contribution in [0.5, 0.6) is 5.75 Å². The number of amides is 17. The predicted octanol–water partition coefficient (Wildman–Crippen LogP) is -6.89. The lowest BCUT2D eigenvalue weighted by Crippen LogP contribution is -2.62. The summed E-state index contributed by atoms with van der Waals surface area (Å²) in [4.78, 5) is 247. The number of aliphatic hydroxyl groups excluding tert-OH is 1. The van der Waals surface area contributed by atoms with Crippen LogP contribution < -0.4 is 92.5 Å². The fourth-order valence-corrected chi connectivity index (χ4v) is 11.7. The Morgan fingerprint density at radius 2 is 0.739 bits per heavy atom. The zero-order valence-corrected chi connectivity index (χ0v) is 61.9. The van der Waals surface area contributed by atoms with Crippen molar-refractivity contribution < 1.29 is 102 Å². The molecule has 0 aliphatic heterocycles. The zero-order chi connectivity index (χ0) is 82.3. The van der Waals surface area contributed by atoms with Gasteiger partial charge in [-0.25, -0.2) is 0 Å². The first-order chi connectivity index (χ1) is 52.5. The number of aromatic hydroxyl groups is 1. The number of primary amides is 5. The molecule has 27 N–H and O–H groups in total. The first-order valence-corrected chi connectivity index (χ1v) is 35.7. The van der Waals surface area contributed by atoms with Crippen molar-refractivity contribution in [1.29, 1.82) is 0 Å². The average Bonchev–Trinajstić information content (AvgIpc) is 1.71. The number of aromatic nitrogens is 2. The summed E-state index contributed by atoms with van der Waals surface area (Å²) in [7, 11) is 0. The summed E-state index contributed by atoms with van der Waals surface area (Å²) in [6.07, 6.45) is -5.65. The number of carbonyl (C=O) groups is 18. The van der Waals surface area contributed by atoms with Gasteiger partial charge in [-0.05, 0) is 73.6 Å². The zero-order valence-electron chi connectivity index (χ0n) is 60.1. The van der Waals surface area contributed by atoms with E-state index < -0.39 is 262 Å². The van der Waals surface area contributed by atoms with Crippen molar-refractivity contribution in [3.8, 4) is 5.75 Å². The molecule has 0 fully saturated rings. The van der Waals surface area contributed by atoms with Gasteiger partial charge in [-0.3, -0.25) is 86.3 Å². The molecule has 3 aromatic carbocycles. The molecule has 12 atom stereocenters. The topological polar surface area (TPSA) is 674 Å². The molecule has 0 saturated heterocycles. The van der Waals surface area contributed by atoms with E-state index >= 15 is 4.79 Å². The lowest BCUT2D eigenvalue weighted by atomic mass is 10.0. The van der Waals surface area contributed by atoms with E-state index in [-0.39, 0.29) is 23.5 Å². The molecule has 5 aromatic rings. The van der Waals surface area contributed by atoms with Crippen molar-refractivity contribution in [3.63, 3.8) is 0 Å². The number of phenolic OH excluding ortho intramolecular Hbond substituents is 1. The van der Waals surface area contributed by atoms with Crippen molar-refractivity contribution in [2.75, 3.05) is 18.1 Å². The van der Waals surface area contributed by atoms with Gasteiger partial charge in [0.2, 0.25) is 100 Å². The number of H-pyrrole nitrogens is 2. The van der Waals surface area contributed by atoms with Gasteiger partial charge in [-0.1, -0.05) is 48.5 Å². The van der Waals surface area contributed by atoms with Gasteiger partial charge in [0.05, 0.1) is 19.1 Å². The molecule has 0 bridgehead atoms. The van der Waals surface area contributed by atoms with E-state index in [4.69, 9.17) is 28.7 Å². The highest BCUT2D eigenvalue weighted by atomic mass is 32.1. The molecule has 0 radical (unpaired) electrons. The second-order valence-corrected chi connectivity index (χ2v) is 26.4. The quantitative estimate of drug-likeness (QED) is 0.0161. The van der Waals surface area contributed by atoms with Gasteiger partial charge in [0.15, 0.2) is 0 Å². The molecule has 40 nitrogen and oxygen atoms in total. The number of aliphatic carboxylic acids is 1. The van der Waals surface area contributed by atoms with Gasteiger partial charge in [0.1, 0.15) is 72.2 Å². The van der Waals surface area contributed by atoms with Gasteiger partial charge >= 0.3 is 5.97 Å². The SMILES string of the molecule is CC(=O)N[C@@H](CS)C(=O)N[C@@H](CCC(N)=O)C(=O)N[C@H](C(=O)N[C@@H](Cc1c[nH]c2ccccc12)C(=O)N[C@@H](CCC(N)=O)C(=O)N[C@@H](CS)C(=O)N[C@@H](Cc1ccc(O)cc1)C(=O)N[C@@H](Cc1c[nH]c2ccccc12)C(=O)N[C@@H](CCC(N)=O)C(=O)N[C@@H](CCC(=O)O)C(=O)N[C@@H](CC(N)=O)C(=O)NCC(N)=O)[C@@H](C)O. The molecule has 2 aromatic heterocycles. The Morgan fingerprint density at radius 3 is 1.12 bits per heavy atom. The highest BCUT2D eigenvalue weighted by molar-refractivity contribution is 7.80. The van der Waals surface area contributed by atoms with Crippen molar-refractivity contribution in [3.05, 3.63) is 102 Å². The van der Waals surface area contributed by atoms with Gasteiger partial charge in [-0.2, -0.15) is 25.3 Å². The fourth-order valence-electron chi connectivity index (χ4n) is 11.2. The minimum absolute atomic E-state index is 0.216. The number of phenols is 1. The summed E-state index contributed by atoms with van der Waals surface area (Å²) in [6, 6.07) is -0.460. The lowest BCUT2D eigenvalue weighted by Gasteiger charge is -2.29. The van der Waals surface area contributed by atoms with Crippen molar-refractivity contribution in [1.82, 2.24) is 73.8 Å². The number of carboxylic acid groups (broad SMARTS) is 1. The Balaban J connectivity index is 1.48. The van der Waals surface area contributed by atoms with E-state index in [0.29, 0.717) is 32.9 Å². The van der Waals surface area contributed by atoms with Crippen LogP contribution in [0.25, 0.3) is 21.8 Å². The molecule has 42 heteroatoms. The molecular weight excluding hydrogens is 1500 g/mol. The summed E-state index contributed by atoms with van der Waals surface area (Å²) < 4.78 is 0. The smallest absolute Gasteiger partial charge is 0.303 e. The van der Waals surface area contributed by atoms with Crippen LogP contribution in [0.4, 0.5) is 0 Å². The lowest BCUT2D eigenvalue weighted by molar-refractivity contribution is -0.139. The average molecular weight is 1590 g/mol. The van der Waals surface area contributed by atoms with Crippen LogP contribution >= 0.6 is 25.3 Å². The summed E-state index contributed by atoms with van der Waals surface area (Å²) in [6.45, 7) is 1.47. The van der Waals surface area contributed by atoms with E-state index in [9.17, 15) is 96.8 Å².